The lowest BCUT2D eigenvalue weighted by Gasteiger charge is -2.24. The molecule has 0 aliphatic carbocycles. The molecule has 9 nitrogen and oxygen atoms in total. The van der Waals surface area contributed by atoms with Crippen molar-refractivity contribution in [3.8, 4) is 5.69 Å². The van der Waals surface area contributed by atoms with Gasteiger partial charge in [-0.2, -0.15) is 4.68 Å². The van der Waals surface area contributed by atoms with Crippen molar-refractivity contribution in [2.24, 2.45) is 5.73 Å². The Morgan fingerprint density at radius 2 is 2.00 bits per heavy atom. The summed E-state index contributed by atoms with van der Waals surface area (Å²) in [6.07, 6.45) is 0.703. The van der Waals surface area contributed by atoms with Gasteiger partial charge < -0.3 is 16.0 Å². The van der Waals surface area contributed by atoms with Gasteiger partial charge in [-0.1, -0.05) is 12.1 Å². The smallest absolute Gasteiger partial charge is 0.243 e. The van der Waals surface area contributed by atoms with Crippen LogP contribution in [0.1, 0.15) is 31.7 Å². The van der Waals surface area contributed by atoms with Gasteiger partial charge in [0.25, 0.3) is 0 Å². The molecule has 144 valence electrons. The first kappa shape index (κ1) is 19.0. The second-order valence-corrected chi connectivity index (χ2v) is 7.20. The number of hydrogen-bond acceptors (Lipinski definition) is 6. The van der Waals surface area contributed by atoms with E-state index < -0.39 is 6.04 Å². The number of likely N-dealkylation sites (tertiary alicyclic amines) is 1. The number of aromatic nitrogens is 4. The predicted molar refractivity (Wildman–Crippen MR) is 99.0 cm³/mol. The van der Waals surface area contributed by atoms with E-state index >= 15 is 0 Å². The largest absolute Gasteiger partial charge is 0.352 e. The third kappa shape index (κ3) is 4.30. The van der Waals surface area contributed by atoms with E-state index in [4.69, 9.17) is 5.73 Å². The van der Waals surface area contributed by atoms with E-state index in [1.54, 1.807) is 9.58 Å². The van der Waals surface area contributed by atoms with Crippen LogP contribution in [0.25, 0.3) is 5.69 Å². The normalized spacial score (nSPS) is 19.5. The van der Waals surface area contributed by atoms with Crippen LogP contribution in [0.5, 0.6) is 0 Å². The molecule has 0 spiro atoms. The van der Waals surface area contributed by atoms with E-state index in [2.05, 4.69) is 20.8 Å². The van der Waals surface area contributed by atoms with Crippen LogP contribution < -0.4 is 11.1 Å². The van der Waals surface area contributed by atoms with Crippen LogP contribution in [0.2, 0.25) is 0 Å². The Balaban J connectivity index is 1.68. The predicted octanol–water partition coefficient (Wildman–Crippen LogP) is -0.0340. The van der Waals surface area contributed by atoms with E-state index in [-0.39, 0.29) is 30.3 Å². The van der Waals surface area contributed by atoms with Crippen LogP contribution in [-0.4, -0.2) is 61.6 Å². The highest BCUT2D eigenvalue weighted by molar-refractivity contribution is 5.89. The summed E-state index contributed by atoms with van der Waals surface area (Å²) in [5.41, 5.74) is 7.69. The highest BCUT2D eigenvalue weighted by atomic mass is 16.2. The molecule has 2 atom stereocenters. The van der Waals surface area contributed by atoms with Gasteiger partial charge in [-0.15, -0.1) is 5.10 Å². The van der Waals surface area contributed by atoms with Crippen LogP contribution in [0.15, 0.2) is 24.3 Å². The maximum Gasteiger partial charge on any atom is 0.243 e. The lowest BCUT2D eigenvalue weighted by Crippen LogP contribution is -2.48. The van der Waals surface area contributed by atoms with Crippen LogP contribution in [0.3, 0.4) is 0 Å². The minimum Gasteiger partial charge on any atom is -0.352 e. The molecule has 1 fully saturated rings. The number of hydrogen-bond donors (Lipinski definition) is 2. The van der Waals surface area contributed by atoms with Gasteiger partial charge in [0.15, 0.2) is 5.82 Å². The zero-order valence-corrected chi connectivity index (χ0v) is 15.8. The van der Waals surface area contributed by atoms with Crippen LogP contribution in [0, 0.1) is 6.92 Å². The van der Waals surface area contributed by atoms with E-state index in [1.807, 2.05) is 45.0 Å². The fraction of sp³-hybridized carbons (Fsp3) is 0.500. The summed E-state index contributed by atoms with van der Waals surface area (Å²) in [6, 6.07) is 6.81. The van der Waals surface area contributed by atoms with Crippen molar-refractivity contribution >= 4 is 11.8 Å². The fourth-order valence-corrected chi connectivity index (χ4v) is 3.27. The van der Waals surface area contributed by atoms with Crippen molar-refractivity contribution < 1.29 is 9.59 Å². The number of rotatable bonds is 5. The third-order valence-corrected chi connectivity index (χ3v) is 4.55. The molecule has 1 saturated heterocycles. The molecular weight excluding hydrogens is 346 g/mol. The number of nitrogens with two attached hydrogens (primary N) is 1. The van der Waals surface area contributed by atoms with Crippen molar-refractivity contribution in [3.63, 3.8) is 0 Å². The number of carbonyl (C=O) groups is 2. The first-order valence-electron chi connectivity index (χ1n) is 9.05. The second kappa shape index (κ2) is 7.83. The number of tetrazole rings is 1. The summed E-state index contributed by atoms with van der Waals surface area (Å²) in [6.45, 7) is 6.01. The molecule has 1 aliphatic heterocycles. The van der Waals surface area contributed by atoms with Gasteiger partial charge in [0.1, 0.15) is 6.04 Å². The van der Waals surface area contributed by atoms with Gasteiger partial charge in [-0.05, 0) is 55.3 Å². The Hall–Kier alpha value is -2.81. The molecule has 2 amide bonds. The standard InChI is InChI=1S/C18H25N7O2/c1-11(2)20-18(27)16-9-14(19)10-24(16)17(26)8-13-4-6-15(7-5-13)25-12(3)21-22-23-25/h4-7,11,14,16H,8-10,19H2,1-3H3,(H,20,27)/t14-,16+/m1/s1. The minimum absolute atomic E-state index is 0.0218. The number of aryl methyl sites for hydroxylation is 1. The second-order valence-electron chi connectivity index (χ2n) is 7.20. The van der Waals surface area contributed by atoms with Gasteiger partial charge in [0.05, 0.1) is 12.1 Å². The summed E-state index contributed by atoms with van der Waals surface area (Å²) in [5.74, 6) is 0.443. The highest BCUT2D eigenvalue weighted by Gasteiger charge is 2.38. The van der Waals surface area contributed by atoms with E-state index in [0.29, 0.717) is 18.8 Å². The fourth-order valence-electron chi connectivity index (χ4n) is 3.27. The quantitative estimate of drug-likeness (QED) is 0.762. The SMILES string of the molecule is Cc1nnnn1-c1ccc(CC(=O)N2C[C@H](N)C[C@H]2C(=O)NC(C)C)cc1. The van der Waals surface area contributed by atoms with E-state index in [9.17, 15) is 9.59 Å². The summed E-state index contributed by atoms with van der Waals surface area (Å²) >= 11 is 0. The Kier molecular flexibility index (Phi) is 5.50. The summed E-state index contributed by atoms with van der Waals surface area (Å²) in [5, 5.41) is 14.3. The van der Waals surface area contributed by atoms with Gasteiger partial charge in [-0.3, -0.25) is 9.59 Å². The maximum absolute atomic E-state index is 12.8. The van der Waals surface area contributed by atoms with Gasteiger partial charge in [-0.25, -0.2) is 0 Å². The maximum atomic E-state index is 12.8. The molecule has 0 bridgehead atoms. The Labute approximate surface area is 157 Å². The van der Waals surface area contributed by atoms with Crippen LogP contribution >= 0.6 is 0 Å². The minimum atomic E-state index is -0.502. The Morgan fingerprint density at radius 3 is 2.59 bits per heavy atom. The van der Waals surface area contributed by atoms with Gasteiger partial charge in [0, 0.05) is 18.6 Å². The molecule has 9 heteroatoms. The van der Waals surface area contributed by atoms with Crippen molar-refractivity contribution in [2.45, 2.75) is 51.7 Å². The molecule has 0 radical (unpaired) electrons. The summed E-state index contributed by atoms with van der Waals surface area (Å²) in [7, 11) is 0. The molecular formula is C18H25N7O2. The van der Waals surface area contributed by atoms with Gasteiger partial charge >= 0.3 is 0 Å². The van der Waals surface area contributed by atoms with Crippen molar-refractivity contribution in [1.82, 2.24) is 30.4 Å². The molecule has 27 heavy (non-hydrogen) atoms. The number of nitrogens with zero attached hydrogens (tertiary/aromatic N) is 5. The zero-order valence-electron chi connectivity index (χ0n) is 15.8. The van der Waals surface area contributed by atoms with Crippen LogP contribution in [-0.2, 0) is 16.0 Å². The molecule has 0 unspecified atom stereocenters. The number of carbonyl (C=O) groups excluding carboxylic acids is 2. The molecule has 3 N–H and O–H groups in total. The summed E-state index contributed by atoms with van der Waals surface area (Å²) < 4.78 is 1.62. The molecule has 0 saturated carbocycles. The Bertz CT molecular complexity index is 815. The van der Waals surface area contributed by atoms with E-state index in [0.717, 1.165) is 11.3 Å². The topological polar surface area (TPSA) is 119 Å². The molecule has 3 rings (SSSR count). The monoisotopic (exact) mass is 371 g/mol. The average Bonchev–Trinajstić information content (AvgIpc) is 3.21. The van der Waals surface area contributed by atoms with Gasteiger partial charge in [0.2, 0.25) is 11.8 Å². The lowest BCUT2D eigenvalue weighted by atomic mass is 10.1. The van der Waals surface area contributed by atoms with Crippen molar-refractivity contribution in [1.29, 1.82) is 0 Å². The molecule has 1 aromatic heterocycles. The lowest BCUT2D eigenvalue weighted by molar-refractivity contribution is -0.138. The van der Waals surface area contributed by atoms with Crippen molar-refractivity contribution in [3.05, 3.63) is 35.7 Å². The highest BCUT2D eigenvalue weighted by Crippen LogP contribution is 2.19. The number of nitrogens with one attached hydrogen (secondary N) is 1. The Morgan fingerprint density at radius 1 is 1.30 bits per heavy atom. The molecule has 2 heterocycles. The first-order chi connectivity index (χ1) is 12.8. The summed E-state index contributed by atoms with van der Waals surface area (Å²) in [4.78, 5) is 26.8. The third-order valence-electron chi connectivity index (χ3n) is 4.55. The van der Waals surface area contributed by atoms with Crippen molar-refractivity contribution in [2.75, 3.05) is 6.54 Å². The molecule has 2 aromatic rings. The number of amides is 2. The molecule has 1 aromatic carbocycles. The van der Waals surface area contributed by atoms with Crippen LogP contribution in [0.4, 0.5) is 0 Å². The average molecular weight is 371 g/mol. The number of benzene rings is 1. The van der Waals surface area contributed by atoms with E-state index in [1.165, 1.54) is 0 Å². The molecule has 1 aliphatic rings. The zero-order chi connectivity index (χ0) is 19.6. The first-order valence-corrected chi connectivity index (χ1v) is 9.05.